The highest BCUT2D eigenvalue weighted by Gasteiger charge is 2.16. The number of halogens is 1. The molecule has 2 heterocycles. The molecule has 0 aliphatic heterocycles. The number of ether oxygens (including phenoxy) is 1. The summed E-state index contributed by atoms with van der Waals surface area (Å²) in [5.41, 5.74) is 0.678. The summed E-state index contributed by atoms with van der Waals surface area (Å²) in [5.74, 6) is 0.647. The second-order valence-electron chi connectivity index (χ2n) is 4.16. The van der Waals surface area contributed by atoms with E-state index < -0.39 is 6.10 Å². The molecule has 5 heteroatoms. The Morgan fingerprint density at radius 3 is 2.78 bits per heavy atom. The van der Waals surface area contributed by atoms with Gasteiger partial charge in [0.15, 0.2) is 0 Å². The molecule has 2 rings (SSSR count). The van der Waals surface area contributed by atoms with Gasteiger partial charge in [-0.3, -0.25) is 4.98 Å². The number of hydrogen-bond acceptors (Lipinski definition) is 4. The van der Waals surface area contributed by atoms with Crippen LogP contribution in [0.4, 0.5) is 0 Å². The zero-order chi connectivity index (χ0) is 13.1. The van der Waals surface area contributed by atoms with Crippen LogP contribution in [-0.4, -0.2) is 16.2 Å². The molecular weight excluding hydrogens is 270 g/mol. The minimum atomic E-state index is -0.763. The summed E-state index contributed by atoms with van der Waals surface area (Å²) in [7, 11) is 0. The SMILES string of the molecule is CC(C)Oc1cncc(C(O)c2sccc2Cl)c1. The van der Waals surface area contributed by atoms with E-state index in [-0.39, 0.29) is 6.10 Å². The number of aliphatic hydroxyl groups excluding tert-OH is 1. The molecule has 1 unspecified atom stereocenters. The van der Waals surface area contributed by atoms with E-state index in [0.29, 0.717) is 16.3 Å². The van der Waals surface area contributed by atoms with Gasteiger partial charge in [0.05, 0.1) is 22.2 Å². The van der Waals surface area contributed by atoms with Crippen LogP contribution in [0.15, 0.2) is 29.9 Å². The first-order valence-corrected chi connectivity index (χ1v) is 6.86. The first-order chi connectivity index (χ1) is 8.58. The van der Waals surface area contributed by atoms with Gasteiger partial charge in [0.25, 0.3) is 0 Å². The van der Waals surface area contributed by atoms with Crippen molar-refractivity contribution < 1.29 is 9.84 Å². The summed E-state index contributed by atoms with van der Waals surface area (Å²) >= 11 is 7.43. The third-order valence-electron chi connectivity index (χ3n) is 2.31. The van der Waals surface area contributed by atoms with Crippen LogP contribution in [0.1, 0.15) is 30.4 Å². The zero-order valence-corrected chi connectivity index (χ0v) is 11.7. The lowest BCUT2D eigenvalue weighted by Gasteiger charge is -2.13. The molecular formula is C13H14ClNO2S. The molecule has 1 atom stereocenters. The Bertz CT molecular complexity index is 527. The van der Waals surface area contributed by atoms with E-state index >= 15 is 0 Å². The quantitative estimate of drug-likeness (QED) is 0.931. The van der Waals surface area contributed by atoms with E-state index in [2.05, 4.69) is 4.98 Å². The Hall–Kier alpha value is -1.10. The fourth-order valence-corrected chi connectivity index (χ4v) is 2.74. The molecule has 0 radical (unpaired) electrons. The molecule has 0 aliphatic rings. The zero-order valence-electron chi connectivity index (χ0n) is 10.1. The average molecular weight is 284 g/mol. The van der Waals surface area contributed by atoms with Crippen LogP contribution in [0.5, 0.6) is 5.75 Å². The first-order valence-electron chi connectivity index (χ1n) is 5.60. The Labute approximate surface area is 115 Å². The fourth-order valence-electron chi connectivity index (χ4n) is 1.57. The molecule has 0 saturated carbocycles. The molecule has 0 bridgehead atoms. The molecule has 2 aromatic heterocycles. The highest BCUT2D eigenvalue weighted by atomic mass is 35.5. The topological polar surface area (TPSA) is 42.4 Å². The van der Waals surface area contributed by atoms with Crippen LogP contribution < -0.4 is 4.74 Å². The van der Waals surface area contributed by atoms with Gasteiger partial charge in [-0.2, -0.15) is 0 Å². The second-order valence-corrected chi connectivity index (χ2v) is 5.51. The molecule has 1 N–H and O–H groups in total. The summed E-state index contributed by atoms with van der Waals surface area (Å²) in [6.45, 7) is 3.89. The number of hydrogen-bond donors (Lipinski definition) is 1. The Morgan fingerprint density at radius 2 is 2.17 bits per heavy atom. The van der Waals surface area contributed by atoms with E-state index in [9.17, 15) is 5.11 Å². The summed E-state index contributed by atoms with van der Waals surface area (Å²) in [6.07, 6.45) is 2.56. The Morgan fingerprint density at radius 1 is 1.39 bits per heavy atom. The van der Waals surface area contributed by atoms with Crippen molar-refractivity contribution in [2.24, 2.45) is 0 Å². The highest BCUT2D eigenvalue weighted by Crippen LogP contribution is 2.33. The molecule has 0 amide bonds. The van der Waals surface area contributed by atoms with Crippen LogP contribution in [0.25, 0.3) is 0 Å². The lowest BCUT2D eigenvalue weighted by molar-refractivity contribution is 0.219. The lowest BCUT2D eigenvalue weighted by atomic mass is 10.1. The van der Waals surface area contributed by atoms with Crippen molar-refractivity contribution in [3.05, 3.63) is 45.4 Å². The van der Waals surface area contributed by atoms with Gasteiger partial charge in [-0.1, -0.05) is 11.6 Å². The number of pyridine rings is 1. The molecule has 18 heavy (non-hydrogen) atoms. The molecule has 0 fully saturated rings. The molecule has 0 aliphatic carbocycles. The van der Waals surface area contributed by atoms with E-state index in [4.69, 9.17) is 16.3 Å². The van der Waals surface area contributed by atoms with Gasteiger partial charge >= 0.3 is 0 Å². The number of nitrogens with zero attached hydrogens (tertiary/aromatic N) is 1. The molecule has 2 aromatic rings. The van der Waals surface area contributed by atoms with Crippen LogP contribution in [0.3, 0.4) is 0 Å². The van der Waals surface area contributed by atoms with Crippen molar-refractivity contribution >= 4 is 22.9 Å². The minimum Gasteiger partial charge on any atom is -0.489 e. The molecule has 0 saturated heterocycles. The van der Waals surface area contributed by atoms with Gasteiger partial charge < -0.3 is 9.84 Å². The molecule has 0 spiro atoms. The van der Waals surface area contributed by atoms with Crippen molar-refractivity contribution in [3.8, 4) is 5.75 Å². The van der Waals surface area contributed by atoms with Gasteiger partial charge in [0.2, 0.25) is 0 Å². The van der Waals surface area contributed by atoms with Crippen molar-refractivity contribution in [3.63, 3.8) is 0 Å². The third kappa shape index (κ3) is 3.02. The van der Waals surface area contributed by atoms with Gasteiger partial charge in [0.1, 0.15) is 11.9 Å². The van der Waals surface area contributed by atoms with Crippen molar-refractivity contribution in [2.75, 3.05) is 0 Å². The predicted molar refractivity (Wildman–Crippen MR) is 73.4 cm³/mol. The van der Waals surface area contributed by atoms with Crippen LogP contribution in [-0.2, 0) is 0 Å². The first kappa shape index (κ1) is 13.3. The summed E-state index contributed by atoms with van der Waals surface area (Å²) in [5, 5.41) is 12.7. The average Bonchev–Trinajstić information content (AvgIpc) is 2.74. The van der Waals surface area contributed by atoms with Crippen molar-refractivity contribution in [1.29, 1.82) is 0 Å². The Balaban J connectivity index is 2.25. The number of thiophene rings is 1. The van der Waals surface area contributed by atoms with Gasteiger partial charge in [-0.15, -0.1) is 11.3 Å². The highest BCUT2D eigenvalue weighted by molar-refractivity contribution is 7.10. The second kappa shape index (κ2) is 5.69. The smallest absolute Gasteiger partial charge is 0.138 e. The largest absolute Gasteiger partial charge is 0.489 e. The number of rotatable bonds is 4. The maximum atomic E-state index is 10.3. The van der Waals surface area contributed by atoms with Gasteiger partial charge in [-0.25, -0.2) is 0 Å². The summed E-state index contributed by atoms with van der Waals surface area (Å²) < 4.78 is 5.55. The van der Waals surface area contributed by atoms with E-state index in [1.54, 1.807) is 24.5 Å². The van der Waals surface area contributed by atoms with Gasteiger partial charge in [0, 0.05) is 11.8 Å². The maximum absolute atomic E-state index is 10.3. The van der Waals surface area contributed by atoms with Crippen molar-refractivity contribution in [2.45, 2.75) is 26.1 Å². The standard InChI is InChI=1S/C13H14ClNO2S/c1-8(2)17-10-5-9(6-15-7-10)12(16)13-11(14)3-4-18-13/h3-8,12,16H,1-2H3. The monoisotopic (exact) mass is 283 g/mol. The summed E-state index contributed by atoms with van der Waals surface area (Å²) in [4.78, 5) is 4.80. The molecule has 0 aromatic carbocycles. The Kier molecular flexibility index (Phi) is 4.22. The molecule has 96 valence electrons. The van der Waals surface area contributed by atoms with Crippen LogP contribution in [0, 0.1) is 0 Å². The molecule has 3 nitrogen and oxygen atoms in total. The number of aromatic nitrogens is 1. The summed E-state index contributed by atoms with van der Waals surface area (Å²) in [6, 6.07) is 3.56. The third-order valence-corrected chi connectivity index (χ3v) is 3.73. The predicted octanol–water partition coefficient (Wildman–Crippen LogP) is 3.67. The number of aliphatic hydroxyl groups is 1. The van der Waals surface area contributed by atoms with E-state index in [1.165, 1.54) is 11.3 Å². The maximum Gasteiger partial charge on any atom is 0.138 e. The van der Waals surface area contributed by atoms with Crippen LogP contribution >= 0.6 is 22.9 Å². The normalized spacial score (nSPS) is 12.7. The van der Waals surface area contributed by atoms with E-state index in [0.717, 1.165) is 4.88 Å². The van der Waals surface area contributed by atoms with E-state index in [1.807, 2.05) is 19.2 Å². The minimum absolute atomic E-state index is 0.0736. The lowest BCUT2D eigenvalue weighted by Crippen LogP contribution is -2.07. The van der Waals surface area contributed by atoms with Gasteiger partial charge in [-0.05, 0) is 31.4 Å². The fraction of sp³-hybridized carbons (Fsp3) is 0.308. The van der Waals surface area contributed by atoms with Crippen LogP contribution in [0.2, 0.25) is 5.02 Å². The van der Waals surface area contributed by atoms with Crippen molar-refractivity contribution in [1.82, 2.24) is 4.98 Å².